The van der Waals surface area contributed by atoms with Crippen molar-refractivity contribution in [3.63, 3.8) is 0 Å². The van der Waals surface area contributed by atoms with E-state index in [9.17, 15) is 4.79 Å². The Labute approximate surface area is 178 Å². The lowest BCUT2D eigenvalue weighted by molar-refractivity contribution is 0.101. The van der Waals surface area contributed by atoms with Crippen LogP contribution in [0.25, 0.3) is 0 Å². The van der Waals surface area contributed by atoms with Gasteiger partial charge in [0.05, 0.1) is 18.1 Å². The summed E-state index contributed by atoms with van der Waals surface area (Å²) >= 11 is 12.1. The molecule has 1 aromatic heterocycles. The second-order valence-corrected chi connectivity index (χ2v) is 7.56. The second-order valence-electron chi connectivity index (χ2n) is 6.72. The molecule has 8 heteroatoms. The van der Waals surface area contributed by atoms with Gasteiger partial charge in [0.1, 0.15) is 17.7 Å². The number of carbonyl (C=O) groups is 1. The van der Waals surface area contributed by atoms with Gasteiger partial charge in [-0.1, -0.05) is 35.3 Å². The van der Waals surface area contributed by atoms with Crippen LogP contribution in [0, 0.1) is 0 Å². The Kier molecular flexibility index (Phi) is 5.56. The number of nitrogens with one attached hydrogen (secondary N) is 1. The maximum Gasteiger partial charge on any atom is 0.229 e. The van der Waals surface area contributed by atoms with Crippen LogP contribution in [-0.2, 0) is 0 Å². The van der Waals surface area contributed by atoms with Crippen LogP contribution in [0.1, 0.15) is 17.3 Å². The van der Waals surface area contributed by atoms with Gasteiger partial charge in [-0.3, -0.25) is 4.79 Å². The van der Waals surface area contributed by atoms with Crippen molar-refractivity contribution in [2.75, 3.05) is 23.3 Å². The predicted octanol–water partition coefficient (Wildman–Crippen LogP) is 5.00. The van der Waals surface area contributed by atoms with Gasteiger partial charge in [0.25, 0.3) is 0 Å². The molecule has 1 fully saturated rings. The van der Waals surface area contributed by atoms with Gasteiger partial charge in [0, 0.05) is 22.5 Å². The maximum absolute atomic E-state index is 11.5. The quantitative estimate of drug-likeness (QED) is 0.557. The van der Waals surface area contributed by atoms with E-state index >= 15 is 0 Å². The van der Waals surface area contributed by atoms with Gasteiger partial charge in [-0.05, 0) is 43.3 Å². The molecule has 1 N–H and O–H groups in total. The molecule has 0 radical (unpaired) electrons. The van der Waals surface area contributed by atoms with E-state index in [1.807, 2.05) is 18.2 Å². The first-order valence-electron chi connectivity index (χ1n) is 9.05. The van der Waals surface area contributed by atoms with Crippen LogP contribution in [-0.4, -0.2) is 34.9 Å². The number of ether oxygens (including phenoxy) is 1. The molecule has 0 amide bonds. The number of carbonyl (C=O) groups excluding carboxylic acids is 1. The van der Waals surface area contributed by atoms with E-state index in [1.54, 1.807) is 36.5 Å². The smallest absolute Gasteiger partial charge is 0.229 e. The summed E-state index contributed by atoms with van der Waals surface area (Å²) in [6.07, 6.45) is 1.72. The minimum absolute atomic E-state index is 0.00994. The summed E-state index contributed by atoms with van der Waals surface area (Å²) in [5.74, 6) is 1.90. The van der Waals surface area contributed by atoms with E-state index in [1.165, 1.54) is 6.92 Å². The van der Waals surface area contributed by atoms with Crippen molar-refractivity contribution < 1.29 is 9.53 Å². The highest BCUT2D eigenvalue weighted by atomic mass is 35.5. The molecule has 0 aliphatic carbocycles. The number of Topliss-reactive ketones (excluding diaryl/α,β-unsaturated/α-hetero) is 1. The molecule has 2 heterocycles. The van der Waals surface area contributed by atoms with E-state index < -0.39 is 0 Å². The highest BCUT2D eigenvalue weighted by Crippen LogP contribution is 2.30. The summed E-state index contributed by atoms with van der Waals surface area (Å²) in [5.41, 5.74) is 1.40. The zero-order chi connectivity index (χ0) is 20.4. The highest BCUT2D eigenvalue weighted by molar-refractivity contribution is 6.35. The number of anilines is 3. The number of halogens is 2. The first-order chi connectivity index (χ1) is 14.0. The lowest BCUT2D eigenvalue weighted by Crippen LogP contribution is -2.54. The van der Waals surface area contributed by atoms with Gasteiger partial charge >= 0.3 is 0 Å². The summed E-state index contributed by atoms with van der Waals surface area (Å²) in [5, 5.41) is 4.22. The molecule has 0 unspecified atom stereocenters. The molecular weight excluding hydrogens is 411 g/mol. The Hall–Kier alpha value is -2.83. The molecule has 4 rings (SSSR count). The number of rotatable bonds is 6. The molecule has 148 valence electrons. The largest absolute Gasteiger partial charge is 0.485 e. The average molecular weight is 429 g/mol. The first kappa shape index (κ1) is 19.5. The van der Waals surface area contributed by atoms with E-state index in [4.69, 9.17) is 27.9 Å². The van der Waals surface area contributed by atoms with Crippen molar-refractivity contribution in [1.29, 1.82) is 0 Å². The molecule has 0 saturated carbocycles. The lowest BCUT2D eigenvalue weighted by Gasteiger charge is -2.39. The van der Waals surface area contributed by atoms with E-state index in [-0.39, 0.29) is 11.9 Å². The normalized spacial score (nSPS) is 13.7. The molecule has 3 aromatic rings. The topological polar surface area (TPSA) is 67.4 Å². The van der Waals surface area contributed by atoms with Crippen LogP contribution >= 0.6 is 23.2 Å². The van der Waals surface area contributed by atoms with E-state index in [0.29, 0.717) is 40.4 Å². The van der Waals surface area contributed by atoms with Gasteiger partial charge in [-0.25, -0.2) is 4.98 Å². The zero-order valence-electron chi connectivity index (χ0n) is 15.6. The summed E-state index contributed by atoms with van der Waals surface area (Å²) in [6, 6.07) is 14.3. The summed E-state index contributed by atoms with van der Waals surface area (Å²) < 4.78 is 5.93. The van der Waals surface area contributed by atoms with Gasteiger partial charge < -0.3 is 15.0 Å². The van der Waals surface area contributed by atoms with E-state index in [2.05, 4.69) is 20.2 Å². The molecular formula is C21H18Cl2N4O2. The fourth-order valence-electron chi connectivity index (χ4n) is 2.98. The third-order valence-corrected chi connectivity index (χ3v) is 5.06. The molecule has 2 aromatic carbocycles. The minimum atomic E-state index is 0.00994. The fourth-order valence-corrected chi connectivity index (χ4v) is 3.43. The van der Waals surface area contributed by atoms with Crippen LogP contribution in [0.15, 0.2) is 54.7 Å². The predicted molar refractivity (Wildman–Crippen MR) is 115 cm³/mol. The van der Waals surface area contributed by atoms with Crippen LogP contribution in [0.3, 0.4) is 0 Å². The van der Waals surface area contributed by atoms with Crippen molar-refractivity contribution in [1.82, 2.24) is 9.97 Å². The second kappa shape index (κ2) is 8.27. The average Bonchev–Trinajstić information content (AvgIpc) is 2.66. The Morgan fingerprint density at radius 1 is 1.17 bits per heavy atom. The minimum Gasteiger partial charge on any atom is -0.485 e. The van der Waals surface area contributed by atoms with Gasteiger partial charge in [-0.2, -0.15) is 4.98 Å². The molecule has 1 saturated heterocycles. The van der Waals surface area contributed by atoms with Gasteiger partial charge in [0.15, 0.2) is 5.78 Å². The van der Waals surface area contributed by atoms with Gasteiger partial charge in [0.2, 0.25) is 5.95 Å². The van der Waals surface area contributed by atoms with Crippen LogP contribution in [0.5, 0.6) is 5.75 Å². The highest BCUT2D eigenvalue weighted by Gasteiger charge is 2.30. The van der Waals surface area contributed by atoms with Crippen molar-refractivity contribution in [2.45, 2.75) is 13.0 Å². The number of benzene rings is 2. The number of hydrogen-bond acceptors (Lipinski definition) is 6. The summed E-state index contributed by atoms with van der Waals surface area (Å²) in [4.78, 5) is 22.5. The van der Waals surface area contributed by atoms with Crippen LogP contribution in [0.4, 0.5) is 17.5 Å². The zero-order valence-corrected chi connectivity index (χ0v) is 17.1. The summed E-state index contributed by atoms with van der Waals surface area (Å²) in [7, 11) is 0. The van der Waals surface area contributed by atoms with Crippen molar-refractivity contribution >= 4 is 46.4 Å². The molecule has 6 nitrogen and oxygen atoms in total. The molecule has 0 spiro atoms. The Bertz CT molecular complexity index is 1050. The number of ketones is 1. The number of hydrogen-bond donors (Lipinski definition) is 1. The van der Waals surface area contributed by atoms with E-state index in [0.717, 1.165) is 11.5 Å². The number of nitrogens with zero attached hydrogens (tertiary/aromatic N) is 3. The Balaban J connectivity index is 1.39. The SMILES string of the molecule is CC(=O)c1cccc(Nc2nccc(N3CC(Oc4ccc(Cl)cc4Cl)C3)n2)c1. The third kappa shape index (κ3) is 4.60. The monoisotopic (exact) mass is 428 g/mol. The summed E-state index contributed by atoms with van der Waals surface area (Å²) in [6.45, 7) is 2.92. The van der Waals surface area contributed by atoms with Crippen molar-refractivity contribution in [3.8, 4) is 5.75 Å². The fraction of sp³-hybridized carbons (Fsp3) is 0.190. The molecule has 0 bridgehead atoms. The Morgan fingerprint density at radius 3 is 2.76 bits per heavy atom. The maximum atomic E-state index is 11.5. The van der Waals surface area contributed by atoms with Crippen molar-refractivity contribution in [2.24, 2.45) is 0 Å². The molecule has 1 aliphatic rings. The first-order valence-corrected chi connectivity index (χ1v) is 9.81. The molecule has 0 atom stereocenters. The van der Waals surface area contributed by atoms with Crippen LogP contribution < -0.4 is 15.0 Å². The lowest BCUT2D eigenvalue weighted by atomic mass is 10.1. The molecule has 29 heavy (non-hydrogen) atoms. The van der Waals surface area contributed by atoms with Crippen molar-refractivity contribution in [3.05, 3.63) is 70.3 Å². The number of aromatic nitrogens is 2. The molecule has 1 aliphatic heterocycles. The standard InChI is InChI=1S/C21H18Cl2N4O2/c1-13(28)14-3-2-4-16(9-14)25-21-24-8-7-20(26-21)27-11-17(12-27)29-19-6-5-15(22)10-18(19)23/h2-10,17H,11-12H2,1H3,(H,24,25,26). The Morgan fingerprint density at radius 2 is 2.00 bits per heavy atom. The van der Waals surface area contributed by atoms with Gasteiger partial charge in [-0.15, -0.1) is 0 Å². The third-order valence-electron chi connectivity index (χ3n) is 4.53. The van der Waals surface area contributed by atoms with Crippen LogP contribution in [0.2, 0.25) is 10.0 Å².